The van der Waals surface area contributed by atoms with Gasteiger partial charge in [-0.2, -0.15) is 0 Å². The van der Waals surface area contributed by atoms with Crippen molar-refractivity contribution in [2.24, 2.45) is 7.05 Å². The number of likely N-dealkylation sites (tertiary alicyclic amines) is 1. The number of carbonyl (C=O) groups is 1. The van der Waals surface area contributed by atoms with Gasteiger partial charge in [0.1, 0.15) is 11.4 Å². The van der Waals surface area contributed by atoms with Gasteiger partial charge in [-0.25, -0.2) is 4.79 Å². The van der Waals surface area contributed by atoms with Crippen LogP contribution in [-0.2, 0) is 7.05 Å². The average molecular weight is 339 g/mol. The van der Waals surface area contributed by atoms with E-state index in [2.05, 4.69) is 27.8 Å². The van der Waals surface area contributed by atoms with Crippen LogP contribution in [0.2, 0.25) is 0 Å². The molecule has 1 aromatic carbocycles. The van der Waals surface area contributed by atoms with Gasteiger partial charge in [0.15, 0.2) is 5.82 Å². The summed E-state index contributed by atoms with van der Waals surface area (Å²) in [7, 11) is 1.80. The second kappa shape index (κ2) is 5.91. The number of amides is 2. The minimum Gasteiger partial charge on any atom is -0.481 e. The molecule has 1 saturated heterocycles. The second-order valence-electron chi connectivity index (χ2n) is 6.64. The van der Waals surface area contributed by atoms with Crippen molar-refractivity contribution in [1.82, 2.24) is 19.9 Å². The molecule has 0 aliphatic carbocycles. The van der Waals surface area contributed by atoms with E-state index in [4.69, 9.17) is 4.74 Å². The highest BCUT2D eigenvalue weighted by atomic mass is 16.5. The molecule has 4 rings (SSSR count). The molecule has 7 heteroatoms. The van der Waals surface area contributed by atoms with Crippen molar-refractivity contribution in [2.75, 3.05) is 18.4 Å². The Balaban J connectivity index is 1.50. The minimum atomic E-state index is -0.457. The Hall–Kier alpha value is -2.83. The molecule has 1 spiro atoms. The lowest BCUT2D eigenvalue weighted by atomic mass is 9.89. The maximum absolute atomic E-state index is 12.7. The number of carbonyl (C=O) groups excluding carboxylic acids is 1. The number of piperidine rings is 1. The van der Waals surface area contributed by atoms with Crippen molar-refractivity contribution in [2.45, 2.75) is 25.4 Å². The van der Waals surface area contributed by atoms with E-state index in [-0.39, 0.29) is 6.03 Å². The molecule has 0 bridgehead atoms. The lowest BCUT2D eigenvalue weighted by Crippen LogP contribution is -2.54. The molecular weight excluding hydrogens is 318 g/mol. The Labute approximate surface area is 146 Å². The molecule has 1 N–H and O–H groups in total. The molecule has 25 heavy (non-hydrogen) atoms. The van der Waals surface area contributed by atoms with Gasteiger partial charge in [0.25, 0.3) is 0 Å². The van der Waals surface area contributed by atoms with E-state index < -0.39 is 5.60 Å². The van der Waals surface area contributed by atoms with Crippen LogP contribution in [0.25, 0.3) is 6.08 Å². The van der Waals surface area contributed by atoms with Crippen LogP contribution in [0.3, 0.4) is 0 Å². The molecule has 2 aromatic rings. The lowest BCUT2D eigenvalue weighted by Gasteiger charge is -2.42. The molecule has 0 radical (unpaired) electrons. The Morgan fingerprint density at radius 3 is 3.00 bits per heavy atom. The van der Waals surface area contributed by atoms with E-state index in [1.807, 2.05) is 31.2 Å². The number of para-hydroxylation sites is 1. The molecular formula is C18H21N5O2. The summed E-state index contributed by atoms with van der Waals surface area (Å²) in [5, 5.41) is 10.8. The molecule has 2 amide bonds. The van der Waals surface area contributed by atoms with E-state index in [1.165, 1.54) is 0 Å². The van der Waals surface area contributed by atoms with Gasteiger partial charge in [-0.05, 0) is 31.9 Å². The van der Waals surface area contributed by atoms with Gasteiger partial charge < -0.3 is 9.64 Å². The van der Waals surface area contributed by atoms with E-state index >= 15 is 0 Å². The molecule has 2 aliphatic heterocycles. The van der Waals surface area contributed by atoms with Gasteiger partial charge in [0, 0.05) is 19.2 Å². The monoisotopic (exact) mass is 339 g/mol. The van der Waals surface area contributed by atoms with E-state index in [1.54, 1.807) is 16.6 Å². The summed E-state index contributed by atoms with van der Waals surface area (Å²) >= 11 is 0. The number of nitrogens with zero attached hydrogens (tertiary/aromatic N) is 4. The zero-order chi connectivity index (χ0) is 17.4. The zero-order valence-corrected chi connectivity index (χ0v) is 14.4. The molecule has 130 valence electrons. The van der Waals surface area contributed by atoms with Crippen molar-refractivity contribution in [3.05, 3.63) is 41.6 Å². The fourth-order valence-electron chi connectivity index (χ4n) is 3.35. The number of fused-ring (bicyclic) bond motifs is 1. The highest BCUT2D eigenvalue weighted by molar-refractivity contribution is 5.89. The fraction of sp³-hybridized carbons (Fsp3) is 0.389. The van der Waals surface area contributed by atoms with Gasteiger partial charge in [0.2, 0.25) is 0 Å². The first kappa shape index (κ1) is 15.7. The smallest absolute Gasteiger partial charge is 0.323 e. The lowest BCUT2D eigenvalue weighted by molar-refractivity contribution is 0.0442. The largest absolute Gasteiger partial charge is 0.481 e. The number of aryl methyl sites for hydroxylation is 1. The van der Waals surface area contributed by atoms with Crippen LogP contribution in [0.15, 0.2) is 30.3 Å². The number of rotatable bonds is 1. The van der Waals surface area contributed by atoms with Crippen molar-refractivity contribution < 1.29 is 9.53 Å². The molecule has 3 heterocycles. The summed E-state index contributed by atoms with van der Waals surface area (Å²) in [6, 6.07) is 7.80. The number of nitrogens with one attached hydrogen (secondary N) is 1. The third-order valence-electron chi connectivity index (χ3n) is 4.90. The summed E-state index contributed by atoms with van der Waals surface area (Å²) < 4.78 is 7.91. The number of hydrogen-bond donors (Lipinski definition) is 1. The van der Waals surface area contributed by atoms with Crippen molar-refractivity contribution >= 4 is 17.9 Å². The molecule has 1 atom stereocenters. The van der Waals surface area contributed by atoms with Gasteiger partial charge in [0.05, 0.1) is 12.2 Å². The van der Waals surface area contributed by atoms with E-state index in [9.17, 15) is 4.79 Å². The molecule has 7 nitrogen and oxygen atoms in total. The molecule has 1 fully saturated rings. The van der Waals surface area contributed by atoms with Crippen LogP contribution >= 0.6 is 0 Å². The maximum Gasteiger partial charge on any atom is 0.323 e. The maximum atomic E-state index is 12.7. The van der Waals surface area contributed by atoms with Crippen LogP contribution in [-0.4, -0.2) is 44.6 Å². The average Bonchev–Trinajstić information content (AvgIpc) is 2.94. The van der Waals surface area contributed by atoms with Crippen LogP contribution in [0.5, 0.6) is 5.75 Å². The first-order valence-electron chi connectivity index (χ1n) is 8.46. The highest BCUT2D eigenvalue weighted by Crippen LogP contribution is 2.36. The van der Waals surface area contributed by atoms with Crippen LogP contribution in [0, 0.1) is 6.92 Å². The predicted molar refractivity (Wildman–Crippen MR) is 94.4 cm³/mol. The fourth-order valence-corrected chi connectivity index (χ4v) is 3.35. The SMILES string of the molecule is Cc1c(NC(=O)N2CCCC3(C=Cc4ccccc4O3)C2)nnn1C. The van der Waals surface area contributed by atoms with Gasteiger partial charge in [-0.1, -0.05) is 29.5 Å². The summed E-state index contributed by atoms with van der Waals surface area (Å²) in [5.41, 5.74) is 1.44. The topological polar surface area (TPSA) is 72.3 Å². The first-order valence-corrected chi connectivity index (χ1v) is 8.46. The quantitative estimate of drug-likeness (QED) is 0.867. The van der Waals surface area contributed by atoms with Gasteiger partial charge in [-0.3, -0.25) is 10.00 Å². The third kappa shape index (κ3) is 2.86. The third-order valence-corrected chi connectivity index (χ3v) is 4.90. The number of hydrogen-bond acceptors (Lipinski definition) is 4. The van der Waals surface area contributed by atoms with Crippen molar-refractivity contribution in [3.63, 3.8) is 0 Å². The number of aromatic nitrogens is 3. The zero-order valence-electron chi connectivity index (χ0n) is 14.4. The van der Waals surface area contributed by atoms with Crippen LogP contribution < -0.4 is 10.1 Å². The Kier molecular flexibility index (Phi) is 3.71. The molecule has 1 unspecified atom stereocenters. The first-order chi connectivity index (χ1) is 12.1. The van der Waals surface area contributed by atoms with Gasteiger partial charge in [-0.15, -0.1) is 5.10 Å². The Morgan fingerprint density at radius 2 is 2.20 bits per heavy atom. The minimum absolute atomic E-state index is 0.168. The predicted octanol–water partition coefficient (Wildman–Crippen LogP) is 2.60. The number of anilines is 1. The highest BCUT2D eigenvalue weighted by Gasteiger charge is 2.39. The number of benzene rings is 1. The molecule has 0 saturated carbocycles. The van der Waals surface area contributed by atoms with E-state index in [0.717, 1.165) is 29.8 Å². The normalized spacial score (nSPS) is 21.8. The number of urea groups is 1. The summed E-state index contributed by atoms with van der Waals surface area (Å²) in [6.07, 6.45) is 5.96. The standard InChI is InChI=1S/C18H21N5O2/c1-13-16(20-21-22(13)2)19-17(24)23-11-5-9-18(12-23)10-8-14-6-3-4-7-15(14)25-18/h3-4,6-8,10H,5,9,11-12H2,1-2H3,(H,19,24). The summed E-state index contributed by atoms with van der Waals surface area (Å²) in [4.78, 5) is 14.4. The Bertz CT molecular complexity index is 844. The molecule has 2 aliphatic rings. The summed E-state index contributed by atoms with van der Waals surface area (Å²) in [6.45, 7) is 3.09. The van der Waals surface area contributed by atoms with Gasteiger partial charge >= 0.3 is 6.03 Å². The van der Waals surface area contributed by atoms with Crippen LogP contribution in [0.4, 0.5) is 10.6 Å². The molecule has 1 aromatic heterocycles. The van der Waals surface area contributed by atoms with E-state index in [0.29, 0.717) is 18.9 Å². The van der Waals surface area contributed by atoms with Crippen molar-refractivity contribution in [3.8, 4) is 5.75 Å². The number of ether oxygens (including phenoxy) is 1. The van der Waals surface area contributed by atoms with Crippen molar-refractivity contribution in [1.29, 1.82) is 0 Å². The van der Waals surface area contributed by atoms with Crippen LogP contribution in [0.1, 0.15) is 24.1 Å². The summed E-state index contributed by atoms with van der Waals surface area (Å²) in [5.74, 6) is 1.37. The second-order valence-corrected chi connectivity index (χ2v) is 6.64. The Morgan fingerprint density at radius 1 is 1.36 bits per heavy atom.